The van der Waals surface area contributed by atoms with Crippen LogP contribution in [0.2, 0.25) is 0 Å². The van der Waals surface area contributed by atoms with Crippen LogP contribution in [0, 0.1) is 11.3 Å². The molecule has 4 heteroatoms. The maximum absolute atomic E-state index is 12.4. The molecule has 1 saturated carbocycles. The molecule has 0 aromatic rings. The Morgan fingerprint density at radius 2 is 1.63 bits per heavy atom. The first-order valence-corrected chi connectivity index (χ1v) is 7.45. The standard InChI is InChI=1S/C15H25NO3/c1-11(2)12(10-17)16-13(18)8-15(9-14(16)19)6-4-3-5-7-15/h11-12,17H,3-10H2,1-2H3. The predicted molar refractivity (Wildman–Crippen MR) is 72.3 cm³/mol. The summed E-state index contributed by atoms with van der Waals surface area (Å²) < 4.78 is 0. The van der Waals surface area contributed by atoms with E-state index in [2.05, 4.69) is 0 Å². The zero-order valence-electron chi connectivity index (χ0n) is 12.0. The largest absolute Gasteiger partial charge is 0.394 e. The number of amides is 2. The minimum absolute atomic E-state index is 0.0695. The van der Waals surface area contributed by atoms with Crippen molar-refractivity contribution >= 4 is 11.8 Å². The molecular formula is C15H25NO3. The van der Waals surface area contributed by atoms with Gasteiger partial charge in [-0.25, -0.2) is 0 Å². The summed E-state index contributed by atoms with van der Waals surface area (Å²) in [5, 5.41) is 9.44. The molecule has 2 rings (SSSR count). The van der Waals surface area contributed by atoms with Crippen molar-refractivity contribution in [1.82, 2.24) is 4.90 Å². The van der Waals surface area contributed by atoms with Gasteiger partial charge in [-0.15, -0.1) is 0 Å². The smallest absolute Gasteiger partial charge is 0.230 e. The first-order chi connectivity index (χ1) is 8.99. The summed E-state index contributed by atoms with van der Waals surface area (Å²) in [6.07, 6.45) is 6.47. The third-order valence-corrected chi connectivity index (χ3v) is 4.79. The molecule has 0 radical (unpaired) electrons. The molecule has 1 saturated heterocycles. The van der Waals surface area contributed by atoms with E-state index in [1.807, 2.05) is 13.8 Å². The minimum atomic E-state index is -0.360. The summed E-state index contributed by atoms with van der Waals surface area (Å²) >= 11 is 0. The van der Waals surface area contributed by atoms with Gasteiger partial charge in [-0.2, -0.15) is 0 Å². The molecule has 19 heavy (non-hydrogen) atoms. The monoisotopic (exact) mass is 267 g/mol. The third-order valence-electron chi connectivity index (χ3n) is 4.79. The molecule has 2 aliphatic rings. The van der Waals surface area contributed by atoms with Crippen molar-refractivity contribution in [3.05, 3.63) is 0 Å². The summed E-state index contributed by atoms with van der Waals surface area (Å²) in [6.45, 7) is 3.74. The molecule has 1 aliphatic heterocycles. The van der Waals surface area contributed by atoms with Crippen LogP contribution in [0.4, 0.5) is 0 Å². The Morgan fingerprint density at radius 1 is 1.11 bits per heavy atom. The highest BCUT2D eigenvalue weighted by Crippen LogP contribution is 2.45. The molecule has 1 N–H and O–H groups in total. The lowest BCUT2D eigenvalue weighted by Gasteiger charge is -2.45. The number of aliphatic hydroxyl groups is 1. The Labute approximate surface area is 115 Å². The van der Waals surface area contributed by atoms with E-state index in [1.165, 1.54) is 11.3 Å². The Bertz CT molecular complexity index is 338. The summed E-state index contributed by atoms with van der Waals surface area (Å²) in [4.78, 5) is 26.1. The van der Waals surface area contributed by atoms with Crippen molar-refractivity contribution < 1.29 is 14.7 Å². The summed E-state index contributed by atoms with van der Waals surface area (Å²) in [7, 11) is 0. The maximum atomic E-state index is 12.4. The molecule has 108 valence electrons. The lowest BCUT2D eigenvalue weighted by Crippen LogP contribution is -2.55. The molecule has 1 heterocycles. The van der Waals surface area contributed by atoms with Gasteiger partial charge in [0.2, 0.25) is 11.8 Å². The van der Waals surface area contributed by atoms with E-state index in [0.29, 0.717) is 12.8 Å². The van der Waals surface area contributed by atoms with E-state index in [1.54, 1.807) is 0 Å². The van der Waals surface area contributed by atoms with E-state index in [4.69, 9.17) is 0 Å². The summed E-state index contributed by atoms with van der Waals surface area (Å²) in [5.74, 6) is -0.0601. The number of imide groups is 1. The predicted octanol–water partition coefficient (Wildman–Crippen LogP) is 2.10. The van der Waals surface area contributed by atoms with Crippen LogP contribution in [0.1, 0.15) is 58.8 Å². The molecule has 1 atom stereocenters. The van der Waals surface area contributed by atoms with E-state index in [-0.39, 0.29) is 35.8 Å². The normalized spacial score (nSPS) is 25.2. The van der Waals surface area contributed by atoms with Crippen LogP contribution < -0.4 is 0 Å². The van der Waals surface area contributed by atoms with Gasteiger partial charge in [0.15, 0.2) is 0 Å². The fourth-order valence-corrected chi connectivity index (χ4v) is 3.63. The molecular weight excluding hydrogens is 242 g/mol. The third kappa shape index (κ3) is 2.83. The van der Waals surface area contributed by atoms with E-state index in [9.17, 15) is 14.7 Å². The molecule has 1 spiro atoms. The number of carbonyl (C=O) groups excluding carboxylic acids is 2. The second kappa shape index (κ2) is 5.61. The topological polar surface area (TPSA) is 57.6 Å². The highest BCUT2D eigenvalue weighted by Gasteiger charge is 2.46. The second-order valence-corrected chi connectivity index (χ2v) is 6.57. The van der Waals surface area contributed by atoms with Gasteiger partial charge < -0.3 is 5.11 Å². The Hall–Kier alpha value is -0.900. The van der Waals surface area contributed by atoms with Gasteiger partial charge in [-0.3, -0.25) is 14.5 Å². The van der Waals surface area contributed by atoms with Gasteiger partial charge >= 0.3 is 0 Å². The van der Waals surface area contributed by atoms with Crippen LogP contribution in [0.3, 0.4) is 0 Å². The van der Waals surface area contributed by atoms with Gasteiger partial charge in [-0.1, -0.05) is 33.1 Å². The fourth-order valence-electron chi connectivity index (χ4n) is 3.63. The van der Waals surface area contributed by atoms with Crippen molar-refractivity contribution in [3.63, 3.8) is 0 Å². The van der Waals surface area contributed by atoms with Crippen molar-refractivity contribution in [1.29, 1.82) is 0 Å². The number of hydrogen-bond donors (Lipinski definition) is 1. The van der Waals surface area contributed by atoms with E-state index in [0.717, 1.165) is 25.7 Å². The van der Waals surface area contributed by atoms with Crippen LogP contribution in [0.5, 0.6) is 0 Å². The quantitative estimate of drug-likeness (QED) is 0.797. The maximum Gasteiger partial charge on any atom is 0.230 e. The van der Waals surface area contributed by atoms with Gasteiger partial charge in [0.05, 0.1) is 12.6 Å². The van der Waals surface area contributed by atoms with Crippen LogP contribution in [-0.4, -0.2) is 34.5 Å². The Balaban J connectivity index is 2.14. The average molecular weight is 267 g/mol. The minimum Gasteiger partial charge on any atom is -0.394 e. The van der Waals surface area contributed by atoms with E-state index >= 15 is 0 Å². The highest BCUT2D eigenvalue weighted by molar-refractivity contribution is 5.99. The first-order valence-electron chi connectivity index (χ1n) is 7.45. The number of piperidine rings is 1. The van der Waals surface area contributed by atoms with Crippen LogP contribution in [0.25, 0.3) is 0 Å². The molecule has 0 aromatic heterocycles. The Morgan fingerprint density at radius 3 is 2.05 bits per heavy atom. The summed E-state index contributed by atoms with van der Waals surface area (Å²) in [5.41, 5.74) is -0.0695. The van der Waals surface area contributed by atoms with Crippen molar-refractivity contribution in [2.24, 2.45) is 11.3 Å². The molecule has 0 aromatic carbocycles. The van der Waals surface area contributed by atoms with Gasteiger partial charge in [0, 0.05) is 12.8 Å². The SMILES string of the molecule is CC(C)C(CO)N1C(=O)CC2(CCCCC2)CC1=O. The number of carbonyl (C=O) groups is 2. The van der Waals surface area contributed by atoms with Crippen molar-refractivity contribution in [2.45, 2.75) is 64.8 Å². The molecule has 1 aliphatic carbocycles. The number of rotatable bonds is 3. The lowest BCUT2D eigenvalue weighted by molar-refractivity contribution is -0.160. The molecule has 1 unspecified atom stereocenters. The van der Waals surface area contributed by atoms with Gasteiger partial charge in [0.1, 0.15) is 0 Å². The Kier molecular flexibility index (Phi) is 4.29. The summed E-state index contributed by atoms with van der Waals surface area (Å²) in [6, 6.07) is -0.360. The number of likely N-dealkylation sites (tertiary alicyclic amines) is 1. The van der Waals surface area contributed by atoms with Crippen LogP contribution in [-0.2, 0) is 9.59 Å². The molecule has 0 bridgehead atoms. The number of hydrogen-bond acceptors (Lipinski definition) is 3. The van der Waals surface area contributed by atoms with Gasteiger partial charge in [0.25, 0.3) is 0 Å². The second-order valence-electron chi connectivity index (χ2n) is 6.57. The van der Waals surface area contributed by atoms with Crippen molar-refractivity contribution in [3.8, 4) is 0 Å². The lowest BCUT2D eigenvalue weighted by atomic mass is 9.67. The first kappa shape index (κ1) is 14.5. The average Bonchev–Trinajstić information content (AvgIpc) is 2.34. The zero-order chi connectivity index (χ0) is 14.0. The van der Waals surface area contributed by atoms with Gasteiger partial charge in [-0.05, 0) is 24.2 Å². The molecule has 2 fully saturated rings. The molecule has 2 amide bonds. The zero-order valence-corrected chi connectivity index (χ0v) is 12.0. The number of nitrogens with zero attached hydrogens (tertiary/aromatic N) is 1. The fraction of sp³-hybridized carbons (Fsp3) is 0.867. The van der Waals surface area contributed by atoms with Crippen LogP contribution >= 0.6 is 0 Å². The highest BCUT2D eigenvalue weighted by atomic mass is 16.3. The number of aliphatic hydroxyl groups excluding tert-OH is 1. The van der Waals surface area contributed by atoms with E-state index < -0.39 is 0 Å². The molecule has 4 nitrogen and oxygen atoms in total. The van der Waals surface area contributed by atoms with Crippen LogP contribution in [0.15, 0.2) is 0 Å². The van der Waals surface area contributed by atoms with Crippen molar-refractivity contribution in [2.75, 3.05) is 6.61 Å².